The second-order valence-electron chi connectivity index (χ2n) is 5.82. The molecule has 0 unspecified atom stereocenters. The van der Waals surface area contributed by atoms with E-state index in [0.29, 0.717) is 19.4 Å². The number of hydrogen-bond acceptors (Lipinski definition) is 2. The highest BCUT2D eigenvalue weighted by molar-refractivity contribution is 5.77. The standard InChI is InChI=1S/C19H21N3O/c1-14(15-7-3-2-4-8-15)13-19(23)20-12-11-18-21-16-9-5-6-10-17(16)22-18/h2-10,14H,11-13H2,1H3,(H,20,23)(H,21,22)/t14-/m1/s1. The van der Waals surface area contributed by atoms with E-state index in [-0.39, 0.29) is 11.8 Å². The van der Waals surface area contributed by atoms with Crippen molar-refractivity contribution >= 4 is 16.9 Å². The van der Waals surface area contributed by atoms with Crippen molar-refractivity contribution < 1.29 is 4.79 Å². The number of aromatic nitrogens is 2. The fraction of sp³-hybridized carbons (Fsp3) is 0.263. The Bertz CT molecular complexity index is 746. The lowest BCUT2D eigenvalue weighted by Gasteiger charge is -2.11. The molecule has 23 heavy (non-hydrogen) atoms. The van der Waals surface area contributed by atoms with E-state index in [0.717, 1.165) is 16.9 Å². The van der Waals surface area contributed by atoms with E-state index >= 15 is 0 Å². The van der Waals surface area contributed by atoms with E-state index in [1.807, 2.05) is 42.5 Å². The molecule has 3 aromatic rings. The lowest BCUT2D eigenvalue weighted by atomic mass is 9.97. The highest BCUT2D eigenvalue weighted by Gasteiger charge is 2.10. The van der Waals surface area contributed by atoms with Crippen LogP contribution in [-0.4, -0.2) is 22.4 Å². The van der Waals surface area contributed by atoms with Crippen LogP contribution < -0.4 is 5.32 Å². The Hall–Kier alpha value is -2.62. The zero-order valence-corrected chi connectivity index (χ0v) is 13.3. The van der Waals surface area contributed by atoms with Crippen molar-refractivity contribution in [2.75, 3.05) is 6.54 Å². The Balaban J connectivity index is 1.47. The number of imidazole rings is 1. The van der Waals surface area contributed by atoms with Gasteiger partial charge < -0.3 is 10.3 Å². The number of para-hydroxylation sites is 2. The number of nitrogens with zero attached hydrogens (tertiary/aromatic N) is 1. The van der Waals surface area contributed by atoms with Crippen molar-refractivity contribution in [2.24, 2.45) is 0 Å². The van der Waals surface area contributed by atoms with Gasteiger partial charge in [-0.05, 0) is 23.6 Å². The van der Waals surface area contributed by atoms with Crippen molar-refractivity contribution in [3.05, 3.63) is 66.0 Å². The van der Waals surface area contributed by atoms with Crippen molar-refractivity contribution in [2.45, 2.75) is 25.7 Å². The van der Waals surface area contributed by atoms with E-state index in [1.54, 1.807) is 0 Å². The second kappa shape index (κ2) is 7.09. The van der Waals surface area contributed by atoms with Gasteiger partial charge in [-0.2, -0.15) is 0 Å². The Morgan fingerprint density at radius 1 is 1.13 bits per heavy atom. The maximum atomic E-state index is 12.0. The molecule has 0 aliphatic rings. The molecule has 1 atom stereocenters. The minimum atomic E-state index is 0.0810. The molecule has 1 heterocycles. The van der Waals surface area contributed by atoms with Gasteiger partial charge in [0.05, 0.1) is 11.0 Å². The van der Waals surface area contributed by atoms with Crippen LogP contribution in [0.4, 0.5) is 0 Å². The first-order valence-corrected chi connectivity index (χ1v) is 7.97. The summed E-state index contributed by atoms with van der Waals surface area (Å²) in [7, 11) is 0. The molecule has 0 saturated carbocycles. The highest BCUT2D eigenvalue weighted by Crippen LogP contribution is 2.18. The Kier molecular flexibility index (Phi) is 4.71. The molecule has 2 aromatic carbocycles. The number of carbonyl (C=O) groups excluding carboxylic acids is 1. The van der Waals surface area contributed by atoms with Crippen LogP contribution in [0.5, 0.6) is 0 Å². The average molecular weight is 307 g/mol. The minimum absolute atomic E-state index is 0.0810. The molecule has 1 amide bonds. The third-order valence-corrected chi connectivity index (χ3v) is 3.98. The van der Waals surface area contributed by atoms with Crippen LogP contribution >= 0.6 is 0 Å². The van der Waals surface area contributed by atoms with E-state index in [9.17, 15) is 4.79 Å². The molecule has 0 saturated heterocycles. The van der Waals surface area contributed by atoms with E-state index in [1.165, 1.54) is 5.56 Å². The van der Waals surface area contributed by atoms with Crippen LogP contribution in [0, 0.1) is 0 Å². The van der Waals surface area contributed by atoms with Crippen LogP contribution in [0.2, 0.25) is 0 Å². The lowest BCUT2D eigenvalue weighted by molar-refractivity contribution is -0.121. The fourth-order valence-electron chi connectivity index (χ4n) is 2.69. The normalized spacial score (nSPS) is 12.2. The van der Waals surface area contributed by atoms with Crippen LogP contribution in [0.3, 0.4) is 0 Å². The molecule has 0 radical (unpaired) electrons. The van der Waals surface area contributed by atoms with Gasteiger partial charge in [0.1, 0.15) is 5.82 Å². The summed E-state index contributed by atoms with van der Waals surface area (Å²) in [6, 6.07) is 18.1. The first kappa shape index (κ1) is 15.3. The number of nitrogens with one attached hydrogen (secondary N) is 2. The molecule has 4 nitrogen and oxygen atoms in total. The summed E-state index contributed by atoms with van der Waals surface area (Å²) in [4.78, 5) is 19.8. The van der Waals surface area contributed by atoms with Crippen molar-refractivity contribution in [3.8, 4) is 0 Å². The maximum Gasteiger partial charge on any atom is 0.220 e. The zero-order valence-electron chi connectivity index (χ0n) is 13.3. The first-order chi connectivity index (χ1) is 11.2. The van der Waals surface area contributed by atoms with E-state index in [4.69, 9.17) is 0 Å². The largest absolute Gasteiger partial charge is 0.356 e. The Morgan fingerprint density at radius 3 is 2.65 bits per heavy atom. The van der Waals surface area contributed by atoms with Crippen LogP contribution in [-0.2, 0) is 11.2 Å². The molecule has 1 aromatic heterocycles. The third kappa shape index (κ3) is 3.97. The van der Waals surface area contributed by atoms with Gasteiger partial charge in [-0.1, -0.05) is 49.4 Å². The van der Waals surface area contributed by atoms with Gasteiger partial charge in [0.25, 0.3) is 0 Å². The topological polar surface area (TPSA) is 57.8 Å². The summed E-state index contributed by atoms with van der Waals surface area (Å²) < 4.78 is 0. The van der Waals surface area contributed by atoms with Crippen LogP contribution in [0.15, 0.2) is 54.6 Å². The molecule has 0 bridgehead atoms. The predicted octanol–water partition coefficient (Wildman–Crippen LogP) is 3.42. The Morgan fingerprint density at radius 2 is 1.87 bits per heavy atom. The summed E-state index contributed by atoms with van der Waals surface area (Å²) in [5, 5.41) is 2.98. The van der Waals surface area contributed by atoms with Crippen LogP contribution in [0.25, 0.3) is 11.0 Å². The summed E-state index contributed by atoms with van der Waals surface area (Å²) in [5.41, 5.74) is 3.19. The number of H-pyrrole nitrogens is 1. The number of benzene rings is 2. The predicted molar refractivity (Wildman–Crippen MR) is 92.3 cm³/mol. The molecule has 118 valence electrons. The number of hydrogen-bond donors (Lipinski definition) is 2. The summed E-state index contributed by atoms with van der Waals surface area (Å²) in [6.45, 7) is 2.67. The Labute approximate surface area is 136 Å². The molecule has 2 N–H and O–H groups in total. The number of rotatable bonds is 6. The van der Waals surface area contributed by atoms with Crippen molar-refractivity contribution in [3.63, 3.8) is 0 Å². The zero-order chi connectivity index (χ0) is 16.1. The third-order valence-electron chi connectivity index (χ3n) is 3.98. The number of amides is 1. The van der Waals surface area contributed by atoms with Crippen molar-refractivity contribution in [1.29, 1.82) is 0 Å². The SMILES string of the molecule is C[C@H](CC(=O)NCCc1nc2ccccc2[nH]1)c1ccccc1. The summed E-state index contributed by atoms with van der Waals surface area (Å²) in [5.74, 6) is 1.21. The molecule has 3 rings (SSSR count). The van der Waals surface area contributed by atoms with Crippen molar-refractivity contribution in [1.82, 2.24) is 15.3 Å². The monoisotopic (exact) mass is 307 g/mol. The summed E-state index contributed by atoms with van der Waals surface area (Å²) in [6.07, 6.45) is 1.21. The van der Waals surface area contributed by atoms with Gasteiger partial charge in [0.2, 0.25) is 5.91 Å². The van der Waals surface area contributed by atoms with E-state index < -0.39 is 0 Å². The van der Waals surface area contributed by atoms with Gasteiger partial charge in [-0.3, -0.25) is 4.79 Å². The second-order valence-corrected chi connectivity index (χ2v) is 5.82. The van der Waals surface area contributed by atoms with Gasteiger partial charge in [-0.15, -0.1) is 0 Å². The summed E-state index contributed by atoms with van der Waals surface area (Å²) >= 11 is 0. The molecule has 4 heteroatoms. The highest BCUT2D eigenvalue weighted by atomic mass is 16.1. The molecule has 0 aliphatic heterocycles. The lowest BCUT2D eigenvalue weighted by Crippen LogP contribution is -2.26. The van der Waals surface area contributed by atoms with Gasteiger partial charge >= 0.3 is 0 Å². The van der Waals surface area contributed by atoms with Gasteiger partial charge in [0.15, 0.2) is 0 Å². The van der Waals surface area contributed by atoms with Crippen LogP contribution in [0.1, 0.15) is 30.7 Å². The number of aromatic amines is 1. The minimum Gasteiger partial charge on any atom is -0.356 e. The number of fused-ring (bicyclic) bond motifs is 1. The first-order valence-electron chi connectivity index (χ1n) is 7.97. The average Bonchev–Trinajstić information content (AvgIpc) is 2.98. The fourth-order valence-corrected chi connectivity index (χ4v) is 2.69. The maximum absolute atomic E-state index is 12.0. The smallest absolute Gasteiger partial charge is 0.220 e. The molecular formula is C19H21N3O. The quantitative estimate of drug-likeness (QED) is 0.733. The van der Waals surface area contributed by atoms with E-state index in [2.05, 4.69) is 34.3 Å². The molecular weight excluding hydrogens is 286 g/mol. The molecule has 0 fully saturated rings. The number of carbonyl (C=O) groups is 1. The van der Waals surface area contributed by atoms with Gasteiger partial charge in [-0.25, -0.2) is 4.98 Å². The molecule has 0 aliphatic carbocycles. The molecule has 0 spiro atoms. The van der Waals surface area contributed by atoms with Gasteiger partial charge in [0, 0.05) is 19.4 Å².